The van der Waals surface area contributed by atoms with E-state index >= 15 is 0 Å². The molecule has 22 heavy (non-hydrogen) atoms. The first kappa shape index (κ1) is 12.8. The van der Waals surface area contributed by atoms with Gasteiger partial charge in [-0.1, -0.05) is 0 Å². The third kappa shape index (κ3) is 2.01. The topological polar surface area (TPSA) is 57.2 Å². The summed E-state index contributed by atoms with van der Waals surface area (Å²) in [5.74, 6) is 0. The standard InChI is InChI=1S/C17H15N5/c18-10-15-16-6-5-14(21-8-1-2-9-21)12-22(16)20-17(15)13-4-3-7-19-11-13/h3-7,11-12H,1-2,8-9H2. The second kappa shape index (κ2) is 5.15. The molecule has 0 N–H and O–H groups in total. The highest BCUT2D eigenvalue weighted by Crippen LogP contribution is 2.27. The molecule has 1 aliphatic rings. The van der Waals surface area contributed by atoms with Gasteiger partial charge in [-0.15, -0.1) is 0 Å². The summed E-state index contributed by atoms with van der Waals surface area (Å²) < 4.78 is 1.81. The van der Waals surface area contributed by atoms with Gasteiger partial charge in [0.15, 0.2) is 0 Å². The minimum absolute atomic E-state index is 0.598. The van der Waals surface area contributed by atoms with Crippen LogP contribution in [0.1, 0.15) is 18.4 Å². The van der Waals surface area contributed by atoms with Crippen LogP contribution in [-0.4, -0.2) is 27.7 Å². The smallest absolute Gasteiger partial charge is 0.113 e. The first-order valence-corrected chi connectivity index (χ1v) is 7.44. The lowest BCUT2D eigenvalue weighted by molar-refractivity contribution is 0.919. The lowest BCUT2D eigenvalue weighted by atomic mass is 10.1. The zero-order chi connectivity index (χ0) is 14.9. The predicted octanol–water partition coefficient (Wildman–Crippen LogP) is 2.87. The van der Waals surface area contributed by atoms with Crippen LogP contribution in [-0.2, 0) is 0 Å². The van der Waals surface area contributed by atoms with E-state index in [2.05, 4.69) is 27.1 Å². The summed E-state index contributed by atoms with van der Waals surface area (Å²) in [6, 6.07) is 10.1. The lowest BCUT2D eigenvalue weighted by Gasteiger charge is -2.17. The normalized spacial score (nSPS) is 14.4. The highest BCUT2D eigenvalue weighted by atomic mass is 15.2. The van der Waals surface area contributed by atoms with E-state index in [9.17, 15) is 5.26 Å². The molecule has 0 aromatic carbocycles. The Morgan fingerprint density at radius 1 is 1.14 bits per heavy atom. The summed E-state index contributed by atoms with van der Waals surface area (Å²) in [6.07, 6.45) is 7.95. The fourth-order valence-corrected chi connectivity index (χ4v) is 3.02. The van der Waals surface area contributed by atoms with E-state index in [1.54, 1.807) is 12.4 Å². The van der Waals surface area contributed by atoms with E-state index in [0.29, 0.717) is 11.3 Å². The molecule has 5 nitrogen and oxygen atoms in total. The second-order valence-corrected chi connectivity index (χ2v) is 5.49. The third-order valence-corrected chi connectivity index (χ3v) is 4.13. The van der Waals surface area contributed by atoms with Gasteiger partial charge in [0, 0.05) is 31.0 Å². The molecule has 0 atom stereocenters. The SMILES string of the molecule is N#Cc1c(-c2cccnc2)nn2cc(N3CCCC3)ccc12. The van der Waals surface area contributed by atoms with Crippen LogP contribution in [0.5, 0.6) is 0 Å². The molecule has 1 aliphatic heterocycles. The predicted molar refractivity (Wildman–Crippen MR) is 84.6 cm³/mol. The lowest BCUT2D eigenvalue weighted by Crippen LogP contribution is -2.17. The van der Waals surface area contributed by atoms with Crippen LogP contribution < -0.4 is 4.90 Å². The maximum absolute atomic E-state index is 9.51. The fraction of sp³-hybridized carbons (Fsp3) is 0.235. The van der Waals surface area contributed by atoms with E-state index < -0.39 is 0 Å². The molecule has 0 radical (unpaired) electrons. The number of aromatic nitrogens is 3. The minimum atomic E-state index is 0.598. The number of nitriles is 1. The van der Waals surface area contributed by atoms with Crippen molar-refractivity contribution in [3.8, 4) is 17.3 Å². The Morgan fingerprint density at radius 3 is 2.73 bits per heavy atom. The highest BCUT2D eigenvalue weighted by Gasteiger charge is 2.17. The minimum Gasteiger partial charge on any atom is -0.370 e. The summed E-state index contributed by atoms with van der Waals surface area (Å²) in [5, 5.41) is 14.1. The van der Waals surface area contributed by atoms with Crippen molar-refractivity contribution in [3.05, 3.63) is 48.4 Å². The van der Waals surface area contributed by atoms with Crippen molar-refractivity contribution < 1.29 is 0 Å². The number of fused-ring (bicyclic) bond motifs is 1. The maximum Gasteiger partial charge on any atom is 0.113 e. The van der Waals surface area contributed by atoms with Crippen molar-refractivity contribution >= 4 is 11.2 Å². The van der Waals surface area contributed by atoms with Crippen molar-refractivity contribution in [2.24, 2.45) is 0 Å². The Hall–Kier alpha value is -2.87. The number of pyridine rings is 2. The molecule has 108 valence electrons. The van der Waals surface area contributed by atoms with E-state index in [0.717, 1.165) is 29.9 Å². The number of anilines is 1. The van der Waals surface area contributed by atoms with Gasteiger partial charge < -0.3 is 4.90 Å². The van der Waals surface area contributed by atoms with Crippen molar-refractivity contribution in [1.82, 2.24) is 14.6 Å². The largest absolute Gasteiger partial charge is 0.370 e. The van der Waals surface area contributed by atoms with Crippen LogP contribution >= 0.6 is 0 Å². The molecule has 4 heterocycles. The zero-order valence-corrected chi connectivity index (χ0v) is 12.1. The monoisotopic (exact) mass is 289 g/mol. The van der Waals surface area contributed by atoms with Gasteiger partial charge in [-0.05, 0) is 37.1 Å². The molecule has 3 aromatic rings. The summed E-state index contributed by atoms with van der Waals surface area (Å²) in [4.78, 5) is 6.48. The molecular weight excluding hydrogens is 274 g/mol. The first-order valence-electron chi connectivity index (χ1n) is 7.44. The molecule has 4 rings (SSSR count). The summed E-state index contributed by atoms with van der Waals surface area (Å²) in [5.41, 5.74) is 4.15. The van der Waals surface area contributed by atoms with E-state index in [1.165, 1.54) is 12.8 Å². The van der Waals surface area contributed by atoms with Gasteiger partial charge >= 0.3 is 0 Å². The Labute approximate surface area is 128 Å². The molecule has 0 spiro atoms. The van der Waals surface area contributed by atoms with Crippen molar-refractivity contribution in [2.45, 2.75) is 12.8 Å². The van der Waals surface area contributed by atoms with Crippen molar-refractivity contribution in [2.75, 3.05) is 18.0 Å². The van der Waals surface area contributed by atoms with Crippen LogP contribution in [0.25, 0.3) is 16.8 Å². The summed E-state index contributed by atoms with van der Waals surface area (Å²) >= 11 is 0. The molecular formula is C17H15N5. The quantitative estimate of drug-likeness (QED) is 0.728. The van der Waals surface area contributed by atoms with E-state index in [1.807, 2.05) is 28.9 Å². The zero-order valence-electron chi connectivity index (χ0n) is 12.1. The third-order valence-electron chi connectivity index (χ3n) is 4.13. The van der Waals surface area contributed by atoms with Crippen molar-refractivity contribution in [3.63, 3.8) is 0 Å². The van der Waals surface area contributed by atoms with Gasteiger partial charge in [0.25, 0.3) is 0 Å². The Bertz CT molecular complexity index is 854. The van der Waals surface area contributed by atoms with Gasteiger partial charge in [-0.3, -0.25) is 4.98 Å². The first-order chi connectivity index (χ1) is 10.9. The number of hydrogen-bond donors (Lipinski definition) is 0. The Morgan fingerprint density at radius 2 is 2.00 bits per heavy atom. The Kier molecular flexibility index (Phi) is 3.01. The van der Waals surface area contributed by atoms with Crippen LogP contribution in [0, 0.1) is 11.3 Å². The van der Waals surface area contributed by atoms with Gasteiger partial charge in [-0.2, -0.15) is 10.4 Å². The Balaban J connectivity index is 1.87. The molecule has 0 saturated carbocycles. The molecule has 0 amide bonds. The number of rotatable bonds is 2. The molecule has 0 aliphatic carbocycles. The number of nitrogens with zero attached hydrogens (tertiary/aromatic N) is 5. The van der Waals surface area contributed by atoms with Crippen LogP contribution in [0.2, 0.25) is 0 Å². The molecule has 1 fully saturated rings. The van der Waals surface area contributed by atoms with Gasteiger partial charge in [-0.25, -0.2) is 4.52 Å². The van der Waals surface area contributed by atoms with Crippen LogP contribution in [0.3, 0.4) is 0 Å². The summed E-state index contributed by atoms with van der Waals surface area (Å²) in [6.45, 7) is 2.18. The maximum atomic E-state index is 9.51. The highest BCUT2D eigenvalue weighted by molar-refractivity contribution is 5.77. The van der Waals surface area contributed by atoms with E-state index in [4.69, 9.17) is 0 Å². The number of hydrogen-bond acceptors (Lipinski definition) is 4. The fourth-order valence-electron chi connectivity index (χ4n) is 3.02. The van der Waals surface area contributed by atoms with Crippen LogP contribution in [0.15, 0.2) is 42.9 Å². The van der Waals surface area contributed by atoms with Gasteiger partial charge in [0.1, 0.15) is 17.3 Å². The molecule has 3 aromatic heterocycles. The van der Waals surface area contributed by atoms with E-state index in [-0.39, 0.29) is 0 Å². The average molecular weight is 289 g/mol. The second-order valence-electron chi connectivity index (χ2n) is 5.49. The molecule has 1 saturated heterocycles. The van der Waals surface area contributed by atoms with Gasteiger partial charge in [0.05, 0.1) is 17.4 Å². The average Bonchev–Trinajstić information content (AvgIpc) is 3.22. The van der Waals surface area contributed by atoms with Crippen LogP contribution in [0.4, 0.5) is 5.69 Å². The molecule has 5 heteroatoms. The van der Waals surface area contributed by atoms with Gasteiger partial charge in [0.2, 0.25) is 0 Å². The molecule has 0 bridgehead atoms. The molecule has 0 unspecified atom stereocenters. The summed E-state index contributed by atoms with van der Waals surface area (Å²) in [7, 11) is 0. The van der Waals surface area contributed by atoms with Crippen molar-refractivity contribution in [1.29, 1.82) is 5.26 Å².